The Bertz CT molecular complexity index is 1200. The number of hydrogen-bond donors (Lipinski definition) is 3. The number of hydrogen-bond acceptors (Lipinski definition) is 10. The van der Waals surface area contributed by atoms with Crippen LogP contribution in [0.3, 0.4) is 0 Å². The van der Waals surface area contributed by atoms with Gasteiger partial charge in [-0.15, -0.1) is 10.2 Å². The van der Waals surface area contributed by atoms with Crippen LogP contribution in [0.25, 0.3) is 11.5 Å². The molecule has 0 atom stereocenters. The molecule has 1 amide bonds. The molecular formula is C19H19N9O3. The lowest BCUT2D eigenvalue weighted by Gasteiger charge is -2.14. The van der Waals surface area contributed by atoms with Gasteiger partial charge in [-0.1, -0.05) is 6.07 Å². The molecule has 12 heteroatoms. The highest BCUT2D eigenvalue weighted by Gasteiger charge is 2.16. The lowest BCUT2D eigenvalue weighted by atomic mass is 10.1. The predicted molar refractivity (Wildman–Crippen MR) is 111 cm³/mol. The van der Waals surface area contributed by atoms with Crippen molar-refractivity contribution in [1.82, 2.24) is 35.4 Å². The number of anilines is 3. The highest BCUT2D eigenvalue weighted by Crippen LogP contribution is 2.35. The minimum absolute atomic E-state index is 0.270. The Labute approximate surface area is 176 Å². The number of para-hydroxylation sites is 1. The molecule has 0 saturated carbocycles. The highest BCUT2D eigenvalue weighted by atomic mass is 16.5. The van der Waals surface area contributed by atoms with Crippen molar-refractivity contribution in [3.8, 4) is 17.2 Å². The Balaban J connectivity index is 1.44. The second-order valence-corrected chi connectivity index (χ2v) is 6.41. The standard InChI is InChI=1S/C19H19N9O3/c1-11-24-27-18(31-11)14-5-4-6-15(16(14)30-3)25-26-17(29)12-7-20-19(21-8-12)23-13-9-22-28(2)10-13/h4-10,25H,1-3H3,(H,26,29)(H,20,21,23). The Morgan fingerprint density at radius 1 is 1.16 bits per heavy atom. The molecular weight excluding hydrogens is 402 g/mol. The number of amides is 1. The van der Waals surface area contributed by atoms with Gasteiger partial charge in [0.1, 0.15) is 0 Å². The molecule has 4 rings (SSSR count). The van der Waals surface area contributed by atoms with Crippen molar-refractivity contribution in [2.45, 2.75) is 6.92 Å². The Morgan fingerprint density at radius 2 is 1.97 bits per heavy atom. The SMILES string of the molecule is COc1c(NNC(=O)c2cnc(Nc3cnn(C)c3)nc2)cccc1-c1nnc(C)o1. The lowest BCUT2D eigenvalue weighted by Crippen LogP contribution is -2.29. The Kier molecular flexibility index (Phi) is 5.43. The first-order valence-corrected chi connectivity index (χ1v) is 9.15. The smallest absolute Gasteiger partial charge is 0.272 e. The van der Waals surface area contributed by atoms with E-state index in [0.717, 1.165) is 5.69 Å². The quantitative estimate of drug-likeness (QED) is 0.379. The van der Waals surface area contributed by atoms with Crippen LogP contribution in [0.4, 0.5) is 17.3 Å². The molecule has 1 aromatic carbocycles. The summed E-state index contributed by atoms with van der Waals surface area (Å²) in [5.41, 5.74) is 7.56. The van der Waals surface area contributed by atoms with Crippen molar-refractivity contribution < 1.29 is 13.9 Å². The van der Waals surface area contributed by atoms with E-state index in [2.05, 4.69) is 41.4 Å². The zero-order valence-electron chi connectivity index (χ0n) is 16.9. The molecule has 0 aliphatic rings. The van der Waals surface area contributed by atoms with E-state index >= 15 is 0 Å². The van der Waals surface area contributed by atoms with Crippen LogP contribution < -0.4 is 20.9 Å². The molecule has 0 aliphatic heterocycles. The van der Waals surface area contributed by atoms with Crippen molar-refractivity contribution in [3.05, 3.63) is 54.4 Å². The maximum absolute atomic E-state index is 12.5. The highest BCUT2D eigenvalue weighted by molar-refractivity contribution is 5.94. The van der Waals surface area contributed by atoms with Crippen LogP contribution in [0.15, 0.2) is 47.4 Å². The Morgan fingerprint density at radius 3 is 2.61 bits per heavy atom. The second kappa shape index (κ2) is 8.49. The summed E-state index contributed by atoms with van der Waals surface area (Å²) in [5.74, 6) is 1.12. The van der Waals surface area contributed by atoms with Gasteiger partial charge < -0.3 is 14.5 Å². The number of methoxy groups -OCH3 is 1. The minimum atomic E-state index is -0.422. The maximum Gasteiger partial charge on any atom is 0.272 e. The van der Waals surface area contributed by atoms with Gasteiger partial charge in [-0.05, 0) is 12.1 Å². The van der Waals surface area contributed by atoms with Crippen LogP contribution in [0, 0.1) is 6.92 Å². The summed E-state index contributed by atoms with van der Waals surface area (Å²) in [6.45, 7) is 1.70. The average Bonchev–Trinajstić information content (AvgIpc) is 3.40. The third-order valence-electron chi connectivity index (χ3n) is 4.16. The lowest BCUT2D eigenvalue weighted by molar-refractivity contribution is 0.0962. The molecule has 12 nitrogen and oxygen atoms in total. The number of nitrogens with one attached hydrogen (secondary N) is 3. The first-order chi connectivity index (χ1) is 15.0. The molecule has 0 unspecified atom stereocenters. The van der Waals surface area contributed by atoms with Gasteiger partial charge in [0.05, 0.1) is 35.8 Å². The number of aromatic nitrogens is 6. The van der Waals surface area contributed by atoms with Gasteiger partial charge in [-0.3, -0.25) is 20.3 Å². The fourth-order valence-electron chi connectivity index (χ4n) is 2.75. The number of ether oxygens (including phenoxy) is 1. The van der Waals surface area contributed by atoms with Crippen LogP contribution in [0.1, 0.15) is 16.2 Å². The predicted octanol–water partition coefficient (Wildman–Crippen LogP) is 2.08. The van der Waals surface area contributed by atoms with Crippen LogP contribution in [-0.4, -0.2) is 43.0 Å². The number of aryl methyl sites for hydroxylation is 2. The summed E-state index contributed by atoms with van der Waals surface area (Å²) in [6.07, 6.45) is 6.26. The van der Waals surface area contributed by atoms with Gasteiger partial charge in [0.2, 0.25) is 11.8 Å². The summed E-state index contributed by atoms with van der Waals surface area (Å²) in [6, 6.07) is 5.29. The summed E-state index contributed by atoms with van der Waals surface area (Å²) >= 11 is 0. The largest absolute Gasteiger partial charge is 0.494 e. The topological polar surface area (TPSA) is 145 Å². The van der Waals surface area contributed by atoms with Crippen molar-refractivity contribution in [3.63, 3.8) is 0 Å². The monoisotopic (exact) mass is 421 g/mol. The van der Waals surface area contributed by atoms with Gasteiger partial charge in [0, 0.05) is 32.6 Å². The van der Waals surface area contributed by atoms with Crippen LogP contribution in [-0.2, 0) is 7.05 Å². The molecule has 31 heavy (non-hydrogen) atoms. The molecule has 0 spiro atoms. The second-order valence-electron chi connectivity index (χ2n) is 6.41. The summed E-state index contributed by atoms with van der Waals surface area (Å²) in [4.78, 5) is 20.8. The molecule has 0 radical (unpaired) electrons. The van der Waals surface area contributed by atoms with Crippen molar-refractivity contribution in [2.75, 3.05) is 17.9 Å². The summed E-state index contributed by atoms with van der Waals surface area (Å²) in [5, 5.41) is 14.9. The normalized spacial score (nSPS) is 10.5. The fraction of sp³-hybridized carbons (Fsp3) is 0.158. The van der Waals surface area contributed by atoms with E-state index in [1.165, 1.54) is 19.5 Å². The van der Waals surface area contributed by atoms with Crippen molar-refractivity contribution >= 4 is 23.2 Å². The van der Waals surface area contributed by atoms with Crippen LogP contribution >= 0.6 is 0 Å². The number of hydrazine groups is 1. The third-order valence-corrected chi connectivity index (χ3v) is 4.16. The molecule has 3 aromatic heterocycles. The van der Waals surface area contributed by atoms with Gasteiger partial charge in [0.25, 0.3) is 11.8 Å². The van der Waals surface area contributed by atoms with E-state index in [1.54, 1.807) is 49.2 Å². The number of benzene rings is 1. The third kappa shape index (κ3) is 4.42. The van der Waals surface area contributed by atoms with E-state index in [-0.39, 0.29) is 5.56 Å². The van der Waals surface area contributed by atoms with E-state index < -0.39 is 5.91 Å². The summed E-state index contributed by atoms with van der Waals surface area (Å²) < 4.78 is 12.6. The zero-order chi connectivity index (χ0) is 21.8. The van der Waals surface area contributed by atoms with E-state index in [1.807, 2.05) is 0 Å². The van der Waals surface area contributed by atoms with Crippen LogP contribution in [0.5, 0.6) is 5.75 Å². The molecule has 3 N–H and O–H groups in total. The number of nitrogens with zero attached hydrogens (tertiary/aromatic N) is 6. The molecule has 0 fully saturated rings. The molecule has 158 valence electrons. The maximum atomic E-state index is 12.5. The van der Waals surface area contributed by atoms with E-state index in [0.29, 0.717) is 34.7 Å². The van der Waals surface area contributed by atoms with E-state index in [4.69, 9.17) is 9.15 Å². The zero-order valence-corrected chi connectivity index (χ0v) is 16.9. The van der Waals surface area contributed by atoms with E-state index in [9.17, 15) is 4.79 Å². The molecule has 3 heterocycles. The summed E-state index contributed by atoms with van der Waals surface area (Å²) in [7, 11) is 3.32. The van der Waals surface area contributed by atoms with Gasteiger partial charge in [-0.25, -0.2) is 9.97 Å². The number of rotatable bonds is 7. The molecule has 0 saturated heterocycles. The van der Waals surface area contributed by atoms with Gasteiger partial charge in [0.15, 0.2) is 5.75 Å². The number of carbonyl (C=O) groups is 1. The van der Waals surface area contributed by atoms with Gasteiger partial charge >= 0.3 is 0 Å². The average molecular weight is 421 g/mol. The van der Waals surface area contributed by atoms with Gasteiger partial charge in [-0.2, -0.15) is 5.10 Å². The van der Waals surface area contributed by atoms with Crippen molar-refractivity contribution in [2.24, 2.45) is 7.05 Å². The fourth-order valence-corrected chi connectivity index (χ4v) is 2.75. The first kappa shape index (κ1) is 19.8. The first-order valence-electron chi connectivity index (χ1n) is 9.15. The minimum Gasteiger partial charge on any atom is -0.494 e. The molecule has 0 bridgehead atoms. The number of carbonyl (C=O) groups excluding carboxylic acids is 1. The molecule has 0 aliphatic carbocycles. The van der Waals surface area contributed by atoms with Crippen molar-refractivity contribution in [1.29, 1.82) is 0 Å². The van der Waals surface area contributed by atoms with Crippen LogP contribution in [0.2, 0.25) is 0 Å². The molecule has 4 aromatic rings. The Hall–Kier alpha value is -4.48.